The quantitative estimate of drug-likeness (QED) is 0.595. The summed E-state index contributed by atoms with van der Waals surface area (Å²) in [7, 11) is 0. The number of aromatic nitrogens is 3. The van der Waals surface area contributed by atoms with Crippen molar-refractivity contribution in [3.63, 3.8) is 0 Å². The Morgan fingerprint density at radius 2 is 1.79 bits per heavy atom. The summed E-state index contributed by atoms with van der Waals surface area (Å²) in [5, 5.41) is 14.2. The van der Waals surface area contributed by atoms with Crippen LogP contribution in [-0.4, -0.2) is 25.8 Å². The molecular weight excluding hydrogens is 362 g/mol. The maximum atomic E-state index is 11.5. The molecule has 0 saturated carbocycles. The number of allylic oxidation sites excluding steroid dienone is 2. The van der Waals surface area contributed by atoms with Crippen molar-refractivity contribution in [2.75, 3.05) is 0 Å². The number of rotatable bonds is 6. The van der Waals surface area contributed by atoms with Gasteiger partial charge in [0, 0.05) is 11.8 Å². The third kappa shape index (κ3) is 4.80. The predicted molar refractivity (Wildman–Crippen MR) is 115 cm³/mol. The van der Waals surface area contributed by atoms with Crippen LogP contribution in [0.1, 0.15) is 55.3 Å². The number of carboxylic acid groups (broad SMARTS) is 1. The van der Waals surface area contributed by atoms with E-state index in [1.807, 2.05) is 54.1 Å². The first-order valence-corrected chi connectivity index (χ1v) is 9.76. The molecule has 3 rings (SSSR count). The molecule has 29 heavy (non-hydrogen) atoms. The van der Waals surface area contributed by atoms with Gasteiger partial charge in [0.15, 0.2) is 5.82 Å². The number of hydrogen-bond acceptors (Lipinski definition) is 3. The zero-order valence-corrected chi connectivity index (χ0v) is 17.4. The van der Waals surface area contributed by atoms with Crippen LogP contribution >= 0.6 is 0 Å². The molecular formula is C24H27N3O2. The fraction of sp³-hybridized carbons (Fsp3) is 0.292. The van der Waals surface area contributed by atoms with Gasteiger partial charge < -0.3 is 5.11 Å². The summed E-state index contributed by atoms with van der Waals surface area (Å²) in [6.07, 6.45) is 4.84. The summed E-state index contributed by atoms with van der Waals surface area (Å²) in [4.78, 5) is 16.2. The molecule has 3 aromatic rings. The lowest BCUT2D eigenvalue weighted by Crippen LogP contribution is -2.14. The molecule has 1 heterocycles. The molecule has 0 aliphatic carbocycles. The van der Waals surface area contributed by atoms with E-state index in [9.17, 15) is 9.90 Å². The average molecular weight is 389 g/mol. The third-order valence-corrected chi connectivity index (χ3v) is 4.71. The van der Waals surface area contributed by atoms with Crippen molar-refractivity contribution in [1.29, 1.82) is 0 Å². The van der Waals surface area contributed by atoms with Crippen LogP contribution in [-0.2, 0) is 18.4 Å². The average Bonchev–Trinajstić information content (AvgIpc) is 3.10. The Bertz CT molecular complexity index is 1030. The number of benzene rings is 2. The second kappa shape index (κ2) is 8.43. The molecule has 1 aromatic heterocycles. The smallest absolute Gasteiger partial charge is 0.336 e. The summed E-state index contributed by atoms with van der Waals surface area (Å²) in [6.45, 7) is 8.96. The van der Waals surface area contributed by atoms with E-state index in [-0.39, 0.29) is 5.41 Å². The van der Waals surface area contributed by atoms with E-state index in [2.05, 4.69) is 26.8 Å². The van der Waals surface area contributed by atoms with Crippen LogP contribution in [0.5, 0.6) is 0 Å². The van der Waals surface area contributed by atoms with Gasteiger partial charge in [-0.1, -0.05) is 75.4 Å². The summed E-state index contributed by atoms with van der Waals surface area (Å²) < 4.78 is 1.96. The van der Waals surface area contributed by atoms with Gasteiger partial charge in [0.2, 0.25) is 0 Å². The Morgan fingerprint density at radius 3 is 2.41 bits per heavy atom. The van der Waals surface area contributed by atoms with Crippen molar-refractivity contribution in [3.05, 3.63) is 83.5 Å². The van der Waals surface area contributed by atoms with Crippen LogP contribution in [0.4, 0.5) is 0 Å². The largest absolute Gasteiger partial charge is 0.478 e. The van der Waals surface area contributed by atoms with Gasteiger partial charge in [-0.25, -0.2) is 14.5 Å². The molecule has 0 unspecified atom stereocenters. The molecule has 5 heteroatoms. The lowest BCUT2D eigenvalue weighted by molar-refractivity contribution is 0.0697. The highest BCUT2D eigenvalue weighted by atomic mass is 16.4. The van der Waals surface area contributed by atoms with E-state index in [0.29, 0.717) is 12.1 Å². The summed E-state index contributed by atoms with van der Waals surface area (Å²) in [5.74, 6) is 0.855. The fourth-order valence-corrected chi connectivity index (χ4v) is 3.08. The summed E-state index contributed by atoms with van der Waals surface area (Å²) in [6, 6.07) is 15.0. The van der Waals surface area contributed by atoms with Crippen molar-refractivity contribution >= 4 is 5.97 Å². The second-order valence-corrected chi connectivity index (χ2v) is 8.08. The van der Waals surface area contributed by atoms with Gasteiger partial charge in [-0.05, 0) is 29.7 Å². The zero-order chi connectivity index (χ0) is 21.0. The molecule has 150 valence electrons. The maximum absolute atomic E-state index is 11.5. The Labute approximate surface area is 171 Å². The first kappa shape index (κ1) is 20.5. The lowest BCUT2D eigenvalue weighted by Gasteiger charge is -2.12. The minimum atomic E-state index is -0.921. The Balaban J connectivity index is 1.89. The molecule has 0 fully saturated rings. The monoisotopic (exact) mass is 389 g/mol. The molecule has 0 radical (unpaired) electrons. The normalized spacial score (nSPS) is 11.9. The topological polar surface area (TPSA) is 68.0 Å². The van der Waals surface area contributed by atoms with Gasteiger partial charge in [-0.2, -0.15) is 5.10 Å². The lowest BCUT2D eigenvalue weighted by atomic mass is 9.96. The first-order chi connectivity index (χ1) is 13.8. The second-order valence-electron chi connectivity index (χ2n) is 8.08. The van der Waals surface area contributed by atoms with Gasteiger partial charge in [-0.3, -0.25) is 0 Å². The molecule has 2 aromatic carbocycles. The Hall–Kier alpha value is -3.21. The van der Waals surface area contributed by atoms with E-state index in [4.69, 9.17) is 10.1 Å². The molecule has 0 aliphatic heterocycles. The number of carboxylic acids is 1. The van der Waals surface area contributed by atoms with Crippen molar-refractivity contribution in [3.8, 4) is 11.1 Å². The first-order valence-electron chi connectivity index (χ1n) is 9.76. The van der Waals surface area contributed by atoms with Gasteiger partial charge in [-0.15, -0.1) is 0 Å². The summed E-state index contributed by atoms with van der Waals surface area (Å²) in [5.41, 5.74) is 2.89. The molecule has 0 aliphatic rings. The van der Waals surface area contributed by atoms with E-state index in [1.54, 1.807) is 12.1 Å². The van der Waals surface area contributed by atoms with Gasteiger partial charge in [0.25, 0.3) is 0 Å². The fourth-order valence-electron chi connectivity index (χ4n) is 3.08. The molecule has 5 nitrogen and oxygen atoms in total. The summed E-state index contributed by atoms with van der Waals surface area (Å²) >= 11 is 0. The van der Waals surface area contributed by atoms with E-state index >= 15 is 0 Å². The van der Waals surface area contributed by atoms with Crippen LogP contribution in [0.2, 0.25) is 0 Å². The van der Waals surface area contributed by atoms with Gasteiger partial charge in [0.1, 0.15) is 5.82 Å². The zero-order valence-electron chi connectivity index (χ0n) is 17.4. The van der Waals surface area contributed by atoms with Crippen LogP contribution in [0.3, 0.4) is 0 Å². The van der Waals surface area contributed by atoms with Crippen LogP contribution < -0.4 is 0 Å². The Kier molecular flexibility index (Phi) is 5.97. The van der Waals surface area contributed by atoms with E-state index in [0.717, 1.165) is 34.8 Å². The number of aromatic carboxylic acids is 1. The van der Waals surface area contributed by atoms with Crippen molar-refractivity contribution in [2.45, 2.75) is 46.1 Å². The molecule has 0 bridgehead atoms. The van der Waals surface area contributed by atoms with Gasteiger partial charge in [0.05, 0.1) is 12.1 Å². The number of carbonyl (C=O) groups is 1. The van der Waals surface area contributed by atoms with E-state index in [1.165, 1.54) is 0 Å². The SMILES string of the molecule is C/C=C/Cc1nc(C(C)(C)C)nn1Cc1ccc(-c2ccccc2C(=O)O)cc1. The number of hydrogen-bond donors (Lipinski definition) is 1. The molecule has 1 N–H and O–H groups in total. The van der Waals surface area contributed by atoms with Crippen molar-refractivity contribution in [2.24, 2.45) is 0 Å². The highest BCUT2D eigenvalue weighted by Crippen LogP contribution is 2.25. The maximum Gasteiger partial charge on any atom is 0.336 e. The minimum Gasteiger partial charge on any atom is -0.478 e. The molecule has 0 spiro atoms. The Morgan fingerprint density at radius 1 is 1.10 bits per heavy atom. The molecule has 0 atom stereocenters. The highest BCUT2D eigenvalue weighted by Gasteiger charge is 2.21. The van der Waals surface area contributed by atoms with Crippen LogP contribution in [0, 0.1) is 0 Å². The minimum absolute atomic E-state index is 0.111. The van der Waals surface area contributed by atoms with Gasteiger partial charge >= 0.3 is 5.97 Å². The standard InChI is InChI=1S/C24H27N3O2/c1-5-6-11-21-25-23(24(2,3)4)26-27(21)16-17-12-14-18(15-13-17)19-9-7-8-10-20(19)22(28)29/h5-10,12-15H,11,16H2,1-4H3,(H,28,29)/b6-5+. The van der Waals surface area contributed by atoms with E-state index < -0.39 is 5.97 Å². The molecule has 0 amide bonds. The highest BCUT2D eigenvalue weighted by molar-refractivity contribution is 5.95. The van der Waals surface area contributed by atoms with Crippen LogP contribution in [0.25, 0.3) is 11.1 Å². The molecule has 0 saturated heterocycles. The predicted octanol–water partition coefficient (Wildman–Crippen LogP) is 5.11. The number of nitrogens with zero attached hydrogens (tertiary/aromatic N) is 3. The third-order valence-electron chi connectivity index (χ3n) is 4.71. The van der Waals surface area contributed by atoms with Crippen LogP contribution in [0.15, 0.2) is 60.7 Å². The van der Waals surface area contributed by atoms with Crippen molar-refractivity contribution < 1.29 is 9.90 Å². The van der Waals surface area contributed by atoms with Crippen molar-refractivity contribution in [1.82, 2.24) is 14.8 Å².